The number of carbonyl (C=O) groups is 1. The van der Waals surface area contributed by atoms with Gasteiger partial charge in [-0.15, -0.1) is 11.3 Å². The SMILES string of the molecule is Cn1c(=O)oc2ccc(-c3ccc4c(F)c(CC(C#N)NC(=O)[C@@H]5CNCCCO5)sc4c3)cc21. The number of oxazole rings is 1. The molecule has 8 nitrogen and oxygen atoms in total. The molecule has 2 aromatic carbocycles. The van der Waals surface area contributed by atoms with Crippen molar-refractivity contribution in [2.45, 2.75) is 25.0 Å². The molecule has 0 aliphatic carbocycles. The van der Waals surface area contributed by atoms with Crippen molar-refractivity contribution < 1.29 is 18.3 Å². The average molecular weight is 495 g/mol. The van der Waals surface area contributed by atoms with Gasteiger partial charge in [0.2, 0.25) is 0 Å². The number of nitriles is 1. The zero-order valence-electron chi connectivity index (χ0n) is 19.0. The molecule has 180 valence electrons. The summed E-state index contributed by atoms with van der Waals surface area (Å²) in [6.07, 6.45) is 0.204. The Morgan fingerprint density at radius 2 is 2.14 bits per heavy atom. The van der Waals surface area contributed by atoms with Gasteiger partial charge in [-0.2, -0.15) is 5.26 Å². The van der Waals surface area contributed by atoms with E-state index in [-0.39, 0.29) is 18.1 Å². The molecule has 2 atom stereocenters. The number of carbonyl (C=O) groups excluding carboxylic acids is 1. The molecule has 0 bridgehead atoms. The topological polar surface area (TPSA) is 109 Å². The molecule has 2 aromatic heterocycles. The Balaban J connectivity index is 1.38. The second kappa shape index (κ2) is 9.62. The average Bonchev–Trinajstić information content (AvgIpc) is 3.17. The molecule has 0 spiro atoms. The Hall–Kier alpha value is -3.52. The minimum absolute atomic E-state index is 0.0615. The number of aryl methyl sites for hydroxylation is 1. The molecule has 1 aliphatic heterocycles. The summed E-state index contributed by atoms with van der Waals surface area (Å²) in [6.45, 7) is 1.62. The third-order valence-corrected chi connectivity index (χ3v) is 7.27. The van der Waals surface area contributed by atoms with Crippen LogP contribution in [0.1, 0.15) is 11.3 Å². The zero-order valence-corrected chi connectivity index (χ0v) is 19.8. The normalized spacial score (nSPS) is 17.2. The van der Waals surface area contributed by atoms with Crippen molar-refractivity contribution >= 4 is 38.4 Å². The molecule has 3 heterocycles. The number of nitrogens with one attached hydrogen (secondary N) is 2. The molecule has 1 amide bonds. The number of benzene rings is 2. The molecule has 0 saturated carbocycles. The van der Waals surface area contributed by atoms with E-state index >= 15 is 4.39 Å². The van der Waals surface area contributed by atoms with Gasteiger partial charge >= 0.3 is 5.76 Å². The van der Waals surface area contributed by atoms with Crippen LogP contribution in [-0.2, 0) is 23.0 Å². The van der Waals surface area contributed by atoms with Gasteiger partial charge in [0.25, 0.3) is 5.91 Å². The van der Waals surface area contributed by atoms with Crippen LogP contribution in [0.25, 0.3) is 32.3 Å². The summed E-state index contributed by atoms with van der Waals surface area (Å²) in [4.78, 5) is 24.7. The monoisotopic (exact) mass is 494 g/mol. The molecule has 1 aliphatic rings. The van der Waals surface area contributed by atoms with Crippen molar-refractivity contribution in [3.63, 3.8) is 0 Å². The maximum atomic E-state index is 15.2. The molecule has 1 unspecified atom stereocenters. The summed E-state index contributed by atoms with van der Waals surface area (Å²) < 4.78 is 28.1. The number of aromatic nitrogens is 1. The summed E-state index contributed by atoms with van der Waals surface area (Å²) in [5, 5.41) is 15.9. The van der Waals surface area contributed by atoms with Crippen LogP contribution in [0.5, 0.6) is 0 Å². The summed E-state index contributed by atoms with van der Waals surface area (Å²) in [7, 11) is 1.64. The number of hydrogen-bond donors (Lipinski definition) is 2. The standard InChI is InChI=1S/C25H23FN4O4S/c1-30-18-9-14(4-6-19(18)34-25(30)32)15-3-5-17-21(10-15)35-22(23(17)26)11-16(12-27)29-24(31)20-13-28-7-2-8-33-20/h3-6,9-10,16,20,28H,2,7-8,11,13H2,1H3,(H,29,31)/t16?,20-/m0/s1. The zero-order chi connectivity index (χ0) is 24.5. The van der Waals surface area contributed by atoms with Crippen molar-refractivity contribution in [2.24, 2.45) is 7.05 Å². The first-order chi connectivity index (χ1) is 16.9. The van der Waals surface area contributed by atoms with Crippen LogP contribution >= 0.6 is 11.3 Å². The summed E-state index contributed by atoms with van der Waals surface area (Å²) in [5.74, 6) is -1.19. The summed E-state index contributed by atoms with van der Waals surface area (Å²) >= 11 is 1.26. The lowest BCUT2D eigenvalue weighted by molar-refractivity contribution is -0.132. The van der Waals surface area contributed by atoms with E-state index in [4.69, 9.17) is 9.15 Å². The van der Waals surface area contributed by atoms with E-state index in [1.165, 1.54) is 15.9 Å². The van der Waals surface area contributed by atoms with E-state index in [1.807, 2.05) is 24.3 Å². The van der Waals surface area contributed by atoms with Crippen molar-refractivity contribution in [1.29, 1.82) is 5.26 Å². The van der Waals surface area contributed by atoms with Gasteiger partial charge in [-0.1, -0.05) is 12.1 Å². The highest BCUT2D eigenvalue weighted by molar-refractivity contribution is 7.19. The lowest BCUT2D eigenvalue weighted by atomic mass is 10.0. The molecule has 35 heavy (non-hydrogen) atoms. The number of halogens is 1. The van der Waals surface area contributed by atoms with Gasteiger partial charge in [-0.3, -0.25) is 9.36 Å². The number of ether oxygens (including phenoxy) is 1. The number of nitrogens with zero attached hydrogens (tertiary/aromatic N) is 2. The minimum atomic E-state index is -0.874. The van der Waals surface area contributed by atoms with Crippen LogP contribution in [0.3, 0.4) is 0 Å². The maximum Gasteiger partial charge on any atom is 0.419 e. The fraction of sp³-hybridized carbons (Fsp3) is 0.320. The van der Waals surface area contributed by atoms with Gasteiger partial charge in [0, 0.05) is 41.6 Å². The molecule has 2 N–H and O–H groups in total. The minimum Gasteiger partial charge on any atom is -0.408 e. The second-order valence-corrected chi connectivity index (χ2v) is 9.61. The first-order valence-corrected chi connectivity index (χ1v) is 12.1. The van der Waals surface area contributed by atoms with Gasteiger partial charge < -0.3 is 19.8 Å². The number of fused-ring (bicyclic) bond motifs is 2. The molecule has 10 heteroatoms. The Bertz CT molecular complexity index is 1510. The number of rotatable bonds is 5. The van der Waals surface area contributed by atoms with Crippen molar-refractivity contribution in [1.82, 2.24) is 15.2 Å². The predicted octanol–water partition coefficient (Wildman–Crippen LogP) is 3.08. The molecule has 5 rings (SSSR count). The van der Waals surface area contributed by atoms with Crippen LogP contribution in [-0.4, -0.2) is 42.3 Å². The van der Waals surface area contributed by atoms with Gasteiger partial charge in [0.1, 0.15) is 18.0 Å². The van der Waals surface area contributed by atoms with Gasteiger partial charge in [0.05, 0.1) is 11.6 Å². The smallest absolute Gasteiger partial charge is 0.408 e. The lowest BCUT2D eigenvalue weighted by Gasteiger charge is -2.17. The molecular weight excluding hydrogens is 471 g/mol. The fourth-order valence-corrected chi connectivity index (χ4v) is 5.36. The van der Waals surface area contributed by atoms with E-state index in [1.54, 1.807) is 19.2 Å². The van der Waals surface area contributed by atoms with Crippen molar-refractivity contribution in [3.8, 4) is 17.2 Å². The number of amides is 1. The van der Waals surface area contributed by atoms with E-state index < -0.39 is 17.9 Å². The highest BCUT2D eigenvalue weighted by Crippen LogP contribution is 2.35. The molecular formula is C25H23FN4O4S. The Morgan fingerprint density at radius 1 is 1.34 bits per heavy atom. The van der Waals surface area contributed by atoms with Crippen LogP contribution in [0.15, 0.2) is 45.6 Å². The van der Waals surface area contributed by atoms with E-state index in [9.17, 15) is 14.9 Å². The molecule has 1 saturated heterocycles. The van der Waals surface area contributed by atoms with Gasteiger partial charge in [0.15, 0.2) is 5.58 Å². The summed E-state index contributed by atoms with van der Waals surface area (Å²) in [5.41, 5.74) is 2.90. The highest BCUT2D eigenvalue weighted by atomic mass is 32.1. The predicted molar refractivity (Wildman–Crippen MR) is 131 cm³/mol. The largest absolute Gasteiger partial charge is 0.419 e. The van der Waals surface area contributed by atoms with E-state index in [0.717, 1.165) is 28.8 Å². The van der Waals surface area contributed by atoms with Crippen LogP contribution < -0.4 is 16.4 Å². The van der Waals surface area contributed by atoms with Gasteiger partial charge in [-0.05, 0) is 48.4 Å². The number of hydrogen-bond acceptors (Lipinski definition) is 7. The Kier molecular flexibility index (Phi) is 6.38. The van der Waals surface area contributed by atoms with Gasteiger partial charge in [-0.25, -0.2) is 9.18 Å². The maximum absolute atomic E-state index is 15.2. The Labute approximate surface area is 203 Å². The van der Waals surface area contributed by atoms with E-state index in [2.05, 4.69) is 16.7 Å². The number of thiophene rings is 1. The second-order valence-electron chi connectivity index (χ2n) is 8.47. The van der Waals surface area contributed by atoms with Crippen LogP contribution in [0.4, 0.5) is 4.39 Å². The fourth-order valence-electron chi connectivity index (χ4n) is 4.20. The van der Waals surface area contributed by atoms with Crippen LogP contribution in [0, 0.1) is 17.1 Å². The molecule has 4 aromatic rings. The lowest BCUT2D eigenvalue weighted by Crippen LogP contribution is -2.46. The summed E-state index contributed by atoms with van der Waals surface area (Å²) in [6, 6.07) is 12.1. The van der Waals surface area contributed by atoms with Crippen molar-refractivity contribution in [3.05, 3.63) is 57.6 Å². The molecule has 1 fully saturated rings. The Morgan fingerprint density at radius 3 is 2.97 bits per heavy atom. The first kappa shape index (κ1) is 23.2. The molecule has 0 radical (unpaired) electrons. The highest BCUT2D eigenvalue weighted by Gasteiger charge is 2.25. The quantitative estimate of drug-likeness (QED) is 0.441. The van der Waals surface area contributed by atoms with E-state index in [0.29, 0.717) is 34.5 Å². The van der Waals surface area contributed by atoms with Crippen LogP contribution in [0.2, 0.25) is 0 Å². The first-order valence-electron chi connectivity index (χ1n) is 11.3. The third kappa shape index (κ3) is 4.58. The van der Waals surface area contributed by atoms with Crippen molar-refractivity contribution in [2.75, 3.05) is 19.7 Å². The third-order valence-electron chi connectivity index (χ3n) is 6.12.